The Morgan fingerprint density at radius 1 is 1.15 bits per heavy atom. The van der Waals surface area contributed by atoms with Crippen molar-refractivity contribution in [3.8, 4) is 0 Å². The van der Waals surface area contributed by atoms with E-state index in [1.54, 1.807) is 19.2 Å². The monoisotopic (exact) mass is 512 g/mol. The lowest BCUT2D eigenvalue weighted by atomic mass is 9.94. The van der Waals surface area contributed by atoms with Crippen molar-refractivity contribution in [2.24, 2.45) is 7.05 Å². The van der Waals surface area contributed by atoms with Crippen molar-refractivity contribution in [1.82, 2.24) is 19.2 Å². The minimum atomic E-state index is -4.59. The molecule has 1 amide bonds. The third kappa shape index (κ3) is 4.82. The van der Waals surface area contributed by atoms with Crippen LogP contribution >= 0.6 is 11.6 Å². The predicted molar refractivity (Wildman–Crippen MR) is 119 cm³/mol. The van der Waals surface area contributed by atoms with E-state index < -0.39 is 39.6 Å². The number of aromatic nitrogens is 2. The fourth-order valence-corrected chi connectivity index (χ4v) is 5.65. The highest BCUT2D eigenvalue weighted by atomic mass is 35.5. The number of hydrogen-bond acceptors (Lipinski definition) is 4. The van der Waals surface area contributed by atoms with E-state index in [2.05, 4.69) is 10.3 Å². The number of rotatable bonds is 5. The molecule has 1 aromatic heterocycles. The average Bonchev–Trinajstić information content (AvgIpc) is 3.41. The smallest absolute Gasteiger partial charge is 0.347 e. The van der Waals surface area contributed by atoms with Gasteiger partial charge in [0.15, 0.2) is 5.03 Å². The summed E-state index contributed by atoms with van der Waals surface area (Å²) >= 11 is 5.98. The highest BCUT2D eigenvalue weighted by molar-refractivity contribution is 7.89. The number of imidazole rings is 1. The van der Waals surface area contributed by atoms with Crippen molar-refractivity contribution in [3.63, 3.8) is 0 Å². The lowest BCUT2D eigenvalue weighted by Crippen LogP contribution is -2.40. The first-order valence-electron chi connectivity index (χ1n) is 10.2. The largest absolute Gasteiger partial charge is 0.416 e. The molecule has 2 atom stereocenters. The molecule has 1 fully saturated rings. The zero-order chi connectivity index (χ0) is 24.7. The van der Waals surface area contributed by atoms with Gasteiger partial charge in [0.1, 0.15) is 0 Å². The van der Waals surface area contributed by atoms with Crippen molar-refractivity contribution in [2.75, 3.05) is 13.1 Å². The summed E-state index contributed by atoms with van der Waals surface area (Å²) in [7, 11) is -2.27. The Morgan fingerprint density at radius 3 is 2.44 bits per heavy atom. The number of benzene rings is 2. The van der Waals surface area contributed by atoms with Gasteiger partial charge in [0.05, 0.1) is 28.5 Å². The molecule has 3 aromatic rings. The van der Waals surface area contributed by atoms with Crippen LogP contribution in [0.15, 0.2) is 66.1 Å². The van der Waals surface area contributed by atoms with Crippen LogP contribution in [0.2, 0.25) is 5.02 Å². The third-order valence-corrected chi connectivity index (χ3v) is 7.69. The molecular formula is C22H20ClF3N4O3S. The summed E-state index contributed by atoms with van der Waals surface area (Å²) in [5.41, 5.74) is -0.290. The van der Waals surface area contributed by atoms with E-state index >= 15 is 0 Å². The standard InChI is InChI=1S/C22H20ClF3N4O3S/c1-29-12-20(27-13-29)34(32,33)30-10-17(14-5-3-2-4-6-14)19(11-30)28-21(31)16-8-7-15(9-18(16)23)22(24,25)26/h2-9,12-13,17,19H,10-11H2,1H3,(H,28,31)/t17-,19+/m1/s1. The van der Waals surface area contributed by atoms with Gasteiger partial charge in [-0.15, -0.1) is 0 Å². The topological polar surface area (TPSA) is 84.3 Å². The second-order valence-electron chi connectivity index (χ2n) is 7.99. The Bertz CT molecular complexity index is 1310. The fraction of sp³-hybridized carbons (Fsp3) is 0.273. The summed E-state index contributed by atoms with van der Waals surface area (Å²) in [6, 6.07) is 10.9. The summed E-state index contributed by atoms with van der Waals surface area (Å²) < 4.78 is 67.8. The molecule has 1 aliphatic heterocycles. The van der Waals surface area contributed by atoms with Gasteiger partial charge in [-0.05, 0) is 23.8 Å². The van der Waals surface area contributed by atoms with E-state index in [-0.39, 0.29) is 28.7 Å². The van der Waals surface area contributed by atoms with Crippen molar-refractivity contribution < 1.29 is 26.4 Å². The number of nitrogens with one attached hydrogen (secondary N) is 1. The molecule has 0 saturated carbocycles. The van der Waals surface area contributed by atoms with Crippen LogP contribution in [0.4, 0.5) is 13.2 Å². The molecule has 0 radical (unpaired) electrons. The summed E-state index contributed by atoms with van der Waals surface area (Å²) in [5, 5.41) is 2.31. The van der Waals surface area contributed by atoms with Crippen LogP contribution in [-0.4, -0.2) is 47.3 Å². The van der Waals surface area contributed by atoms with Gasteiger partial charge in [0.25, 0.3) is 15.9 Å². The fourth-order valence-electron chi connectivity index (χ4n) is 3.92. The van der Waals surface area contributed by atoms with E-state index in [1.165, 1.54) is 21.4 Å². The summed E-state index contributed by atoms with van der Waals surface area (Å²) in [5.74, 6) is -1.08. The maximum absolute atomic E-state index is 13.1. The van der Waals surface area contributed by atoms with E-state index in [0.717, 1.165) is 17.7 Å². The van der Waals surface area contributed by atoms with Crippen LogP contribution in [0.5, 0.6) is 0 Å². The molecule has 1 N–H and O–H groups in total. The molecule has 12 heteroatoms. The first-order chi connectivity index (χ1) is 16.0. The molecular weight excluding hydrogens is 493 g/mol. The number of carbonyl (C=O) groups is 1. The number of sulfonamides is 1. The molecule has 2 aromatic carbocycles. The van der Waals surface area contributed by atoms with Crippen molar-refractivity contribution in [1.29, 1.82) is 0 Å². The lowest BCUT2D eigenvalue weighted by Gasteiger charge is -2.20. The molecule has 0 unspecified atom stereocenters. The molecule has 0 bridgehead atoms. The maximum atomic E-state index is 13.1. The number of alkyl halides is 3. The molecule has 0 spiro atoms. The number of carbonyl (C=O) groups excluding carboxylic acids is 1. The number of amides is 1. The van der Waals surface area contributed by atoms with E-state index in [1.807, 2.05) is 18.2 Å². The zero-order valence-corrected chi connectivity index (χ0v) is 19.4. The Morgan fingerprint density at radius 2 is 1.85 bits per heavy atom. The molecule has 34 heavy (non-hydrogen) atoms. The Hall–Kier alpha value is -2.89. The van der Waals surface area contributed by atoms with E-state index in [4.69, 9.17) is 11.6 Å². The Labute approximate surface area is 199 Å². The van der Waals surface area contributed by atoms with Crippen LogP contribution in [0.3, 0.4) is 0 Å². The Kier molecular flexibility index (Phi) is 6.45. The van der Waals surface area contributed by atoms with E-state index in [9.17, 15) is 26.4 Å². The SMILES string of the molecule is Cn1cnc(S(=O)(=O)N2C[C@H](NC(=O)c3ccc(C(F)(F)F)cc3Cl)[C@@H](c3ccccc3)C2)c1. The number of hydrogen-bond donors (Lipinski definition) is 1. The second-order valence-corrected chi connectivity index (χ2v) is 10.3. The van der Waals surface area contributed by atoms with Crippen molar-refractivity contribution in [2.45, 2.75) is 23.2 Å². The zero-order valence-electron chi connectivity index (χ0n) is 17.8. The molecule has 1 saturated heterocycles. The molecule has 0 aliphatic carbocycles. The van der Waals surface area contributed by atoms with Gasteiger partial charge in [0.2, 0.25) is 0 Å². The van der Waals surface area contributed by atoms with Gasteiger partial charge in [-0.2, -0.15) is 17.5 Å². The van der Waals surface area contributed by atoms with Gasteiger partial charge in [0, 0.05) is 32.3 Å². The maximum Gasteiger partial charge on any atom is 0.416 e. The average molecular weight is 513 g/mol. The summed E-state index contributed by atoms with van der Waals surface area (Å²) in [6.45, 7) is 0.0527. The quantitative estimate of drug-likeness (QED) is 0.565. The van der Waals surface area contributed by atoms with Gasteiger partial charge in [-0.1, -0.05) is 41.9 Å². The molecule has 4 rings (SSSR count). The van der Waals surface area contributed by atoms with Gasteiger partial charge >= 0.3 is 6.18 Å². The van der Waals surface area contributed by atoms with Crippen LogP contribution in [0.25, 0.3) is 0 Å². The first kappa shape index (κ1) is 24.2. The summed E-state index contributed by atoms with van der Waals surface area (Å²) in [6.07, 6.45) is -1.83. The molecule has 180 valence electrons. The van der Waals surface area contributed by atoms with Crippen molar-refractivity contribution in [3.05, 3.63) is 82.8 Å². The van der Waals surface area contributed by atoms with Gasteiger partial charge in [-0.3, -0.25) is 4.79 Å². The number of halogens is 4. The van der Waals surface area contributed by atoms with Gasteiger partial charge in [-0.25, -0.2) is 13.4 Å². The predicted octanol–water partition coefficient (Wildman–Crippen LogP) is 3.68. The molecule has 2 heterocycles. The lowest BCUT2D eigenvalue weighted by molar-refractivity contribution is -0.137. The second kappa shape index (κ2) is 9.05. The first-order valence-corrected chi connectivity index (χ1v) is 12.0. The minimum absolute atomic E-state index is 0.0392. The number of nitrogens with zero attached hydrogens (tertiary/aromatic N) is 3. The summed E-state index contributed by atoms with van der Waals surface area (Å²) in [4.78, 5) is 16.9. The van der Waals surface area contributed by atoms with E-state index in [0.29, 0.717) is 6.07 Å². The minimum Gasteiger partial charge on any atom is -0.347 e. The van der Waals surface area contributed by atoms with Gasteiger partial charge < -0.3 is 9.88 Å². The highest BCUT2D eigenvalue weighted by Crippen LogP contribution is 2.34. The van der Waals surface area contributed by atoms with Crippen LogP contribution in [0.1, 0.15) is 27.4 Å². The van der Waals surface area contributed by atoms with Crippen LogP contribution in [-0.2, 0) is 23.2 Å². The molecule has 1 aliphatic rings. The number of aryl methyl sites for hydroxylation is 1. The molecule has 7 nitrogen and oxygen atoms in total. The third-order valence-electron chi connectivity index (χ3n) is 5.66. The normalized spacial score (nSPS) is 19.3. The Balaban J connectivity index is 1.62. The van der Waals surface area contributed by atoms with Crippen LogP contribution in [0, 0.1) is 0 Å². The highest BCUT2D eigenvalue weighted by Gasteiger charge is 2.42. The van der Waals surface area contributed by atoms with Crippen LogP contribution < -0.4 is 5.32 Å². The van der Waals surface area contributed by atoms with Crippen molar-refractivity contribution >= 4 is 27.5 Å².